The van der Waals surface area contributed by atoms with Crippen LogP contribution >= 0.6 is 11.6 Å². The second-order valence-electron chi connectivity index (χ2n) is 4.50. The van der Waals surface area contributed by atoms with Crippen LogP contribution in [0.15, 0.2) is 30.3 Å². The fraction of sp³-hybridized carbons (Fsp3) is 0.200. The van der Waals surface area contributed by atoms with E-state index in [0.29, 0.717) is 12.3 Å². The third-order valence-corrected chi connectivity index (χ3v) is 3.51. The van der Waals surface area contributed by atoms with Crippen molar-refractivity contribution in [2.75, 3.05) is 5.73 Å². The number of ether oxygens (including phenoxy) is 1. The molecule has 0 spiro atoms. The quantitative estimate of drug-likeness (QED) is 0.852. The van der Waals surface area contributed by atoms with E-state index in [0.717, 1.165) is 27.5 Å². The number of benzene rings is 2. The van der Waals surface area contributed by atoms with Gasteiger partial charge >= 0.3 is 0 Å². The summed E-state index contributed by atoms with van der Waals surface area (Å²) in [6.07, 6.45) is 0. The number of hydrogen-bond acceptors (Lipinski definition) is 2. The van der Waals surface area contributed by atoms with E-state index >= 15 is 0 Å². The van der Waals surface area contributed by atoms with Crippen LogP contribution in [-0.2, 0) is 6.61 Å². The third kappa shape index (κ3) is 3.18. The minimum absolute atomic E-state index is 0.298. The van der Waals surface area contributed by atoms with Crippen LogP contribution in [0.5, 0.6) is 5.75 Å². The molecule has 0 bridgehead atoms. The Bertz CT molecular complexity index is 590. The second kappa shape index (κ2) is 5.49. The van der Waals surface area contributed by atoms with Crippen LogP contribution in [0.3, 0.4) is 0 Å². The fourth-order valence-corrected chi connectivity index (χ4v) is 1.96. The summed E-state index contributed by atoms with van der Waals surface area (Å²) in [5.41, 5.74) is 8.80. The van der Waals surface area contributed by atoms with Crippen molar-refractivity contribution >= 4 is 17.3 Å². The molecule has 0 aromatic heterocycles. The van der Waals surface area contributed by atoms with Gasteiger partial charge in [-0.2, -0.15) is 0 Å². The Morgan fingerprint density at radius 3 is 2.37 bits per heavy atom. The van der Waals surface area contributed by atoms with Crippen molar-refractivity contribution in [3.05, 3.63) is 57.9 Å². The normalized spacial score (nSPS) is 10.5. The molecule has 0 saturated carbocycles. The van der Waals surface area contributed by atoms with Gasteiger partial charge in [-0.3, -0.25) is 0 Å². The van der Waals surface area contributed by atoms with Crippen molar-refractivity contribution in [2.45, 2.75) is 20.5 Å². The van der Waals surface area contributed by atoms with Gasteiger partial charge in [0.25, 0.3) is 0 Å². The Balaban J connectivity index is 2.14. The van der Waals surface area contributed by atoms with E-state index in [1.165, 1.54) is 12.1 Å². The van der Waals surface area contributed by atoms with Gasteiger partial charge in [-0.1, -0.05) is 17.7 Å². The highest BCUT2D eigenvalue weighted by molar-refractivity contribution is 6.32. The summed E-state index contributed by atoms with van der Waals surface area (Å²) in [5, 5.41) is 0.744. The summed E-state index contributed by atoms with van der Waals surface area (Å²) < 4.78 is 18.6. The summed E-state index contributed by atoms with van der Waals surface area (Å²) in [7, 11) is 0. The molecule has 2 aromatic rings. The van der Waals surface area contributed by atoms with Crippen LogP contribution < -0.4 is 10.5 Å². The summed E-state index contributed by atoms with van der Waals surface area (Å²) in [4.78, 5) is 0. The molecule has 0 saturated heterocycles. The molecule has 0 atom stereocenters. The average molecular weight is 280 g/mol. The lowest BCUT2D eigenvalue weighted by atomic mass is 10.1. The maximum absolute atomic E-state index is 12.9. The van der Waals surface area contributed by atoms with Crippen LogP contribution in [-0.4, -0.2) is 0 Å². The third-order valence-electron chi connectivity index (χ3n) is 2.91. The highest BCUT2D eigenvalue weighted by Gasteiger charge is 2.05. The molecule has 2 N–H and O–H groups in total. The topological polar surface area (TPSA) is 35.2 Å². The van der Waals surface area contributed by atoms with Crippen molar-refractivity contribution in [3.63, 3.8) is 0 Å². The molecule has 2 rings (SSSR count). The summed E-state index contributed by atoms with van der Waals surface area (Å²) >= 11 is 6.09. The molecule has 0 heterocycles. The maximum Gasteiger partial charge on any atom is 0.125 e. The molecule has 4 heteroatoms. The van der Waals surface area contributed by atoms with Gasteiger partial charge < -0.3 is 10.5 Å². The van der Waals surface area contributed by atoms with Crippen molar-refractivity contribution < 1.29 is 9.13 Å². The Hall–Kier alpha value is -1.74. The lowest BCUT2D eigenvalue weighted by Crippen LogP contribution is -2.01. The van der Waals surface area contributed by atoms with E-state index in [2.05, 4.69) is 0 Å². The number of anilines is 1. The molecule has 0 aliphatic carbocycles. The maximum atomic E-state index is 12.9. The minimum atomic E-state index is -0.348. The van der Waals surface area contributed by atoms with Crippen LogP contribution in [0.1, 0.15) is 16.7 Å². The molecule has 2 nitrogen and oxygen atoms in total. The predicted molar refractivity (Wildman–Crippen MR) is 76.1 cm³/mol. The van der Waals surface area contributed by atoms with E-state index in [4.69, 9.17) is 22.1 Å². The summed E-state index contributed by atoms with van der Waals surface area (Å²) in [6, 6.07) is 8.02. The smallest absolute Gasteiger partial charge is 0.125 e. The van der Waals surface area contributed by atoms with E-state index in [1.54, 1.807) is 6.07 Å². The Morgan fingerprint density at radius 2 is 1.79 bits per heavy atom. The SMILES string of the molecule is Cc1cc(OCc2ccc(F)cc2N)cc(C)c1Cl. The van der Waals surface area contributed by atoms with Gasteiger partial charge in [0.05, 0.1) is 0 Å². The molecule has 100 valence electrons. The van der Waals surface area contributed by atoms with Crippen LogP contribution in [0.2, 0.25) is 5.02 Å². The average Bonchev–Trinajstić information content (AvgIpc) is 2.34. The van der Waals surface area contributed by atoms with E-state index in [-0.39, 0.29) is 5.82 Å². The number of rotatable bonds is 3. The van der Waals surface area contributed by atoms with Crippen molar-refractivity contribution in [2.24, 2.45) is 0 Å². The predicted octanol–water partition coefficient (Wildman–Crippen LogP) is 4.26. The second-order valence-corrected chi connectivity index (χ2v) is 4.88. The van der Waals surface area contributed by atoms with Crippen LogP contribution in [0.4, 0.5) is 10.1 Å². The highest BCUT2D eigenvalue weighted by Crippen LogP contribution is 2.26. The Kier molecular flexibility index (Phi) is 3.96. The zero-order valence-corrected chi connectivity index (χ0v) is 11.6. The number of aryl methyl sites for hydroxylation is 2. The van der Waals surface area contributed by atoms with E-state index in [9.17, 15) is 4.39 Å². The van der Waals surface area contributed by atoms with Crippen molar-refractivity contribution in [3.8, 4) is 5.75 Å². The van der Waals surface area contributed by atoms with Gasteiger partial charge in [-0.15, -0.1) is 0 Å². The minimum Gasteiger partial charge on any atom is -0.489 e. The zero-order chi connectivity index (χ0) is 14.0. The monoisotopic (exact) mass is 279 g/mol. The molecule has 0 radical (unpaired) electrons. The van der Waals surface area contributed by atoms with Gasteiger partial charge in [-0.05, 0) is 49.2 Å². The van der Waals surface area contributed by atoms with Gasteiger partial charge in [-0.25, -0.2) is 4.39 Å². The molecule has 0 aliphatic heterocycles. The summed E-state index contributed by atoms with van der Waals surface area (Å²) in [6.45, 7) is 4.15. The first kappa shape index (κ1) is 13.7. The largest absolute Gasteiger partial charge is 0.489 e. The summed E-state index contributed by atoms with van der Waals surface area (Å²) in [5.74, 6) is 0.377. The standard InChI is InChI=1S/C15H15ClFNO/c1-9-5-13(6-10(2)15(9)16)19-8-11-3-4-12(17)7-14(11)18/h3-7H,8,18H2,1-2H3. The lowest BCUT2D eigenvalue weighted by Gasteiger charge is -2.11. The molecule has 0 fully saturated rings. The first-order valence-electron chi connectivity index (χ1n) is 5.91. The number of halogens is 2. The zero-order valence-electron chi connectivity index (χ0n) is 10.8. The van der Waals surface area contributed by atoms with E-state index < -0.39 is 0 Å². The van der Waals surface area contributed by atoms with E-state index in [1.807, 2.05) is 26.0 Å². The lowest BCUT2D eigenvalue weighted by molar-refractivity contribution is 0.306. The molecule has 0 unspecified atom stereocenters. The highest BCUT2D eigenvalue weighted by atomic mass is 35.5. The molecule has 19 heavy (non-hydrogen) atoms. The van der Waals surface area contributed by atoms with Crippen molar-refractivity contribution in [1.29, 1.82) is 0 Å². The van der Waals surface area contributed by atoms with Gasteiger partial charge in [0.15, 0.2) is 0 Å². The van der Waals surface area contributed by atoms with Gasteiger partial charge in [0, 0.05) is 16.3 Å². The fourth-order valence-electron chi connectivity index (χ4n) is 1.85. The molecule has 0 aliphatic rings. The van der Waals surface area contributed by atoms with Crippen LogP contribution in [0, 0.1) is 19.7 Å². The first-order valence-corrected chi connectivity index (χ1v) is 6.28. The van der Waals surface area contributed by atoms with Crippen LogP contribution in [0.25, 0.3) is 0 Å². The van der Waals surface area contributed by atoms with Gasteiger partial charge in [0.1, 0.15) is 18.2 Å². The Morgan fingerprint density at radius 1 is 1.16 bits per heavy atom. The first-order chi connectivity index (χ1) is 8.97. The number of nitrogens with two attached hydrogens (primary N) is 1. The Labute approximate surface area is 117 Å². The molecular weight excluding hydrogens is 265 g/mol. The van der Waals surface area contributed by atoms with Gasteiger partial charge in [0.2, 0.25) is 0 Å². The molecular formula is C15H15ClFNO. The molecule has 0 amide bonds. The van der Waals surface area contributed by atoms with Crippen molar-refractivity contribution in [1.82, 2.24) is 0 Å². The number of nitrogen functional groups attached to an aromatic ring is 1. The molecule has 2 aromatic carbocycles. The number of hydrogen-bond donors (Lipinski definition) is 1.